The SMILES string of the molecule is Cc1cc2nc(CN=C(C#N)C#N)sc2cc1C. The van der Waals surface area contributed by atoms with Crippen LogP contribution in [0.15, 0.2) is 17.1 Å². The molecule has 1 heterocycles. The van der Waals surface area contributed by atoms with Gasteiger partial charge >= 0.3 is 0 Å². The molecule has 0 spiro atoms. The molecule has 2 rings (SSSR count). The van der Waals surface area contributed by atoms with E-state index in [1.807, 2.05) is 6.07 Å². The van der Waals surface area contributed by atoms with E-state index < -0.39 is 0 Å². The highest BCUT2D eigenvalue weighted by molar-refractivity contribution is 7.18. The van der Waals surface area contributed by atoms with E-state index in [0.717, 1.165) is 15.2 Å². The van der Waals surface area contributed by atoms with Crippen LogP contribution >= 0.6 is 11.3 Å². The van der Waals surface area contributed by atoms with Crippen LogP contribution in [0.3, 0.4) is 0 Å². The average molecular weight is 254 g/mol. The lowest BCUT2D eigenvalue weighted by Gasteiger charge is -1.96. The number of benzene rings is 1. The van der Waals surface area contributed by atoms with Crippen molar-refractivity contribution in [3.05, 3.63) is 28.3 Å². The maximum absolute atomic E-state index is 8.60. The maximum Gasteiger partial charge on any atom is 0.213 e. The lowest BCUT2D eigenvalue weighted by Crippen LogP contribution is -1.90. The first-order chi connectivity index (χ1) is 8.63. The summed E-state index contributed by atoms with van der Waals surface area (Å²) < 4.78 is 1.11. The van der Waals surface area contributed by atoms with Crippen LogP contribution in [-0.4, -0.2) is 10.7 Å². The highest BCUT2D eigenvalue weighted by Gasteiger charge is 2.05. The number of aliphatic imine (C=N–C) groups is 1. The van der Waals surface area contributed by atoms with Crippen molar-refractivity contribution in [2.45, 2.75) is 20.4 Å². The number of aryl methyl sites for hydroxylation is 2. The molecule has 0 saturated carbocycles. The van der Waals surface area contributed by atoms with Crippen molar-refractivity contribution >= 4 is 27.3 Å². The van der Waals surface area contributed by atoms with Crippen molar-refractivity contribution in [3.8, 4) is 12.1 Å². The Hall–Kier alpha value is -2.24. The third kappa shape index (κ3) is 2.37. The van der Waals surface area contributed by atoms with Gasteiger partial charge in [-0.1, -0.05) is 0 Å². The van der Waals surface area contributed by atoms with E-state index in [-0.39, 0.29) is 12.3 Å². The van der Waals surface area contributed by atoms with Crippen molar-refractivity contribution in [3.63, 3.8) is 0 Å². The summed E-state index contributed by atoms with van der Waals surface area (Å²) in [7, 11) is 0. The van der Waals surface area contributed by atoms with Crippen LogP contribution in [0.1, 0.15) is 16.1 Å². The van der Waals surface area contributed by atoms with Gasteiger partial charge in [0.25, 0.3) is 0 Å². The van der Waals surface area contributed by atoms with Gasteiger partial charge in [-0.3, -0.25) is 4.99 Å². The van der Waals surface area contributed by atoms with E-state index in [4.69, 9.17) is 10.5 Å². The number of hydrogen-bond acceptors (Lipinski definition) is 5. The van der Waals surface area contributed by atoms with Crippen molar-refractivity contribution < 1.29 is 0 Å². The third-order valence-electron chi connectivity index (χ3n) is 2.63. The molecule has 0 aliphatic carbocycles. The summed E-state index contributed by atoms with van der Waals surface area (Å²) in [6.07, 6.45) is 0. The van der Waals surface area contributed by atoms with Crippen molar-refractivity contribution in [1.82, 2.24) is 4.98 Å². The van der Waals surface area contributed by atoms with E-state index >= 15 is 0 Å². The van der Waals surface area contributed by atoms with Crippen LogP contribution in [0.2, 0.25) is 0 Å². The molecule has 88 valence electrons. The van der Waals surface area contributed by atoms with Gasteiger partial charge in [-0.2, -0.15) is 10.5 Å². The van der Waals surface area contributed by atoms with Gasteiger partial charge in [0.2, 0.25) is 5.71 Å². The number of rotatable bonds is 2. The van der Waals surface area contributed by atoms with Gasteiger partial charge in [0.05, 0.1) is 16.8 Å². The Kier molecular flexibility index (Phi) is 3.36. The number of hydrogen-bond donors (Lipinski definition) is 0. The smallest absolute Gasteiger partial charge is 0.213 e. The highest BCUT2D eigenvalue weighted by atomic mass is 32.1. The molecule has 0 unspecified atom stereocenters. The first-order valence-electron chi connectivity index (χ1n) is 5.35. The molecular weight excluding hydrogens is 244 g/mol. The fraction of sp³-hybridized carbons (Fsp3) is 0.231. The van der Waals surface area contributed by atoms with Crippen LogP contribution in [0, 0.1) is 36.5 Å². The Balaban J connectivity index is 2.35. The summed E-state index contributed by atoms with van der Waals surface area (Å²) in [5.41, 5.74) is 3.28. The molecule has 0 radical (unpaired) electrons. The number of nitriles is 2. The Morgan fingerprint density at radius 1 is 1.28 bits per heavy atom. The molecule has 0 atom stereocenters. The van der Waals surface area contributed by atoms with Crippen molar-refractivity contribution in [2.24, 2.45) is 4.99 Å². The second-order valence-electron chi connectivity index (χ2n) is 3.90. The van der Waals surface area contributed by atoms with Crippen LogP contribution in [0.25, 0.3) is 10.2 Å². The topological polar surface area (TPSA) is 72.8 Å². The summed E-state index contributed by atoms with van der Waals surface area (Å²) in [4.78, 5) is 8.36. The molecular formula is C13H10N4S. The normalized spacial score (nSPS) is 9.78. The van der Waals surface area contributed by atoms with E-state index in [9.17, 15) is 0 Å². The molecule has 0 aliphatic heterocycles. The van der Waals surface area contributed by atoms with E-state index in [2.05, 4.69) is 29.9 Å². The number of nitrogens with zero attached hydrogens (tertiary/aromatic N) is 4. The van der Waals surface area contributed by atoms with Gasteiger partial charge in [0.15, 0.2) is 0 Å². The van der Waals surface area contributed by atoms with Gasteiger partial charge in [0.1, 0.15) is 17.1 Å². The fourth-order valence-corrected chi connectivity index (χ4v) is 2.51. The zero-order valence-corrected chi connectivity index (χ0v) is 10.9. The summed E-state index contributed by atoms with van der Waals surface area (Å²) in [6, 6.07) is 7.63. The lowest BCUT2D eigenvalue weighted by molar-refractivity contribution is 1.05. The molecule has 4 nitrogen and oxygen atoms in total. The zero-order chi connectivity index (χ0) is 13.1. The molecule has 0 N–H and O–H groups in total. The van der Waals surface area contributed by atoms with Gasteiger partial charge in [-0.05, 0) is 37.1 Å². The van der Waals surface area contributed by atoms with Gasteiger partial charge in [-0.25, -0.2) is 4.98 Å². The molecule has 0 aliphatic rings. The Labute approximate surface area is 109 Å². The number of aromatic nitrogens is 1. The van der Waals surface area contributed by atoms with Gasteiger partial charge in [-0.15, -0.1) is 11.3 Å². The molecule has 0 bridgehead atoms. The predicted octanol–water partition coefficient (Wildman–Crippen LogP) is 2.90. The Morgan fingerprint density at radius 2 is 1.94 bits per heavy atom. The van der Waals surface area contributed by atoms with Gasteiger partial charge < -0.3 is 0 Å². The quantitative estimate of drug-likeness (QED) is 0.773. The third-order valence-corrected chi connectivity index (χ3v) is 3.64. The van der Waals surface area contributed by atoms with Crippen LogP contribution in [-0.2, 0) is 6.54 Å². The number of thiazole rings is 1. The summed E-state index contributed by atoms with van der Waals surface area (Å²) in [5, 5.41) is 18.0. The molecule has 0 fully saturated rings. The van der Waals surface area contributed by atoms with Gasteiger partial charge in [0, 0.05) is 0 Å². The summed E-state index contributed by atoms with van der Waals surface area (Å²) in [5.74, 6) is 0. The van der Waals surface area contributed by atoms with E-state index in [1.165, 1.54) is 11.1 Å². The molecule has 0 amide bonds. The molecule has 1 aromatic carbocycles. The Morgan fingerprint density at radius 3 is 2.61 bits per heavy atom. The molecule has 5 heteroatoms. The minimum atomic E-state index is -0.110. The molecule has 18 heavy (non-hydrogen) atoms. The first-order valence-corrected chi connectivity index (χ1v) is 6.17. The number of fused-ring (bicyclic) bond motifs is 1. The summed E-state index contributed by atoms with van der Waals surface area (Å²) in [6.45, 7) is 4.40. The Bertz CT molecular complexity index is 658. The second kappa shape index (κ2) is 4.95. The predicted molar refractivity (Wildman–Crippen MR) is 71.5 cm³/mol. The van der Waals surface area contributed by atoms with Crippen LogP contribution in [0.4, 0.5) is 0 Å². The molecule has 0 saturated heterocycles. The van der Waals surface area contributed by atoms with E-state index in [1.54, 1.807) is 23.5 Å². The maximum atomic E-state index is 8.60. The molecule has 1 aromatic heterocycles. The monoisotopic (exact) mass is 254 g/mol. The minimum Gasteiger partial charge on any atom is -0.257 e. The summed E-state index contributed by atoms with van der Waals surface area (Å²) >= 11 is 1.55. The standard InChI is InChI=1S/C13H10N4S/c1-8-3-11-12(4-9(8)2)18-13(17-11)7-16-10(5-14)6-15/h3-4H,7H2,1-2H3. The van der Waals surface area contributed by atoms with Crippen molar-refractivity contribution in [1.29, 1.82) is 10.5 Å². The minimum absolute atomic E-state index is 0.110. The second-order valence-corrected chi connectivity index (χ2v) is 5.02. The largest absolute Gasteiger partial charge is 0.257 e. The van der Waals surface area contributed by atoms with E-state index in [0.29, 0.717) is 0 Å². The average Bonchev–Trinajstić information content (AvgIpc) is 2.73. The van der Waals surface area contributed by atoms with Crippen LogP contribution < -0.4 is 0 Å². The lowest BCUT2D eigenvalue weighted by atomic mass is 10.1. The zero-order valence-electron chi connectivity index (χ0n) is 10.1. The first kappa shape index (κ1) is 12.2. The fourth-order valence-electron chi connectivity index (χ4n) is 1.54. The van der Waals surface area contributed by atoms with Crippen LogP contribution in [0.5, 0.6) is 0 Å². The van der Waals surface area contributed by atoms with Crippen molar-refractivity contribution in [2.75, 3.05) is 0 Å². The molecule has 2 aromatic rings. The highest BCUT2D eigenvalue weighted by Crippen LogP contribution is 2.25.